The van der Waals surface area contributed by atoms with Gasteiger partial charge < -0.3 is 35.7 Å². The molecular weight excluding hydrogens is 528 g/mol. The number of rotatable bonds is 16. The van der Waals surface area contributed by atoms with Crippen molar-refractivity contribution in [2.24, 2.45) is 0 Å². The Morgan fingerprint density at radius 2 is 1.39 bits per heavy atom. The van der Waals surface area contributed by atoms with Crippen LogP contribution in [0, 0.1) is 10.1 Å². The summed E-state index contributed by atoms with van der Waals surface area (Å²) in [7, 11) is 0. The number of carbonyl (C=O) groups is 1. The lowest BCUT2D eigenvalue weighted by Crippen LogP contribution is -2.36. The van der Waals surface area contributed by atoms with Gasteiger partial charge in [0.1, 0.15) is 6.61 Å². The standard InChI is InChI=1S/C24H40N2O5.C6H6N2O2/c1-19(2)22(28)29-17-13-26(21-9-7-20(25)8-10-21)14-18-31-24(5,6)12-16-30-23(3,4)11-15-27;7-5-1-3-6(4-2-5)8(9)10/h7-10,27H,1,11-18,25H2,2-6H3;1-4H,7H2. The zero-order valence-corrected chi connectivity index (χ0v) is 24.9. The van der Waals surface area contributed by atoms with Crippen LogP contribution in [-0.2, 0) is 19.0 Å². The van der Waals surface area contributed by atoms with Gasteiger partial charge in [0, 0.05) is 47.9 Å². The number of nitrogens with zero attached hydrogens (tertiary/aromatic N) is 2. The van der Waals surface area contributed by atoms with Gasteiger partial charge in [-0.3, -0.25) is 10.1 Å². The molecule has 0 bridgehead atoms. The van der Waals surface area contributed by atoms with Crippen LogP contribution in [0.15, 0.2) is 60.7 Å². The van der Waals surface area contributed by atoms with E-state index in [2.05, 4.69) is 11.5 Å². The lowest BCUT2D eigenvalue weighted by atomic mass is 10.0. The van der Waals surface area contributed by atoms with Gasteiger partial charge in [-0.25, -0.2) is 4.79 Å². The number of anilines is 3. The van der Waals surface area contributed by atoms with E-state index in [1.807, 2.05) is 52.0 Å². The number of non-ortho nitro benzene ring substituents is 1. The summed E-state index contributed by atoms with van der Waals surface area (Å²) in [4.78, 5) is 23.4. The number of nitro benzene ring substituents is 1. The maximum atomic E-state index is 11.7. The summed E-state index contributed by atoms with van der Waals surface area (Å²) in [5.74, 6) is -0.390. The first-order valence-electron chi connectivity index (χ1n) is 13.5. The number of carbonyl (C=O) groups excluding carboxylic acids is 1. The summed E-state index contributed by atoms with van der Waals surface area (Å²) in [6.45, 7) is 15.8. The van der Waals surface area contributed by atoms with Crippen molar-refractivity contribution in [3.63, 3.8) is 0 Å². The molecule has 0 aliphatic carbocycles. The summed E-state index contributed by atoms with van der Waals surface area (Å²) in [5, 5.41) is 19.2. The monoisotopic (exact) mass is 574 g/mol. The average molecular weight is 575 g/mol. The molecule has 0 fully saturated rings. The summed E-state index contributed by atoms with van der Waals surface area (Å²) in [5.41, 5.74) is 13.1. The van der Waals surface area contributed by atoms with E-state index in [-0.39, 0.29) is 30.1 Å². The van der Waals surface area contributed by atoms with E-state index in [9.17, 15) is 14.9 Å². The molecule has 0 spiro atoms. The second-order valence-electron chi connectivity index (χ2n) is 10.8. The third-order valence-electron chi connectivity index (χ3n) is 6.07. The molecule has 0 saturated heterocycles. The maximum absolute atomic E-state index is 11.7. The van der Waals surface area contributed by atoms with Crippen molar-refractivity contribution in [2.75, 3.05) is 55.9 Å². The molecule has 2 aromatic rings. The minimum atomic E-state index is -0.459. The highest BCUT2D eigenvalue weighted by atomic mass is 16.6. The molecular formula is C30H46N4O7. The third-order valence-corrected chi connectivity index (χ3v) is 6.07. The smallest absolute Gasteiger partial charge is 0.333 e. The van der Waals surface area contributed by atoms with Crippen LogP contribution >= 0.6 is 0 Å². The number of hydrogen-bond acceptors (Lipinski definition) is 10. The van der Waals surface area contributed by atoms with E-state index < -0.39 is 10.9 Å². The van der Waals surface area contributed by atoms with E-state index in [1.165, 1.54) is 24.3 Å². The summed E-state index contributed by atoms with van der Waals surface area (Å²) in [6, 6.07) is 13.3. The molecule has 0 heterocycles. The van der Waals surface area contributed by atoms with Crippen LogP contribution in [0.4, 0.5) is 22.7 Å². The van der Waals surface area contributed by atoms with Crippen molar-refractivity contribution in [2.45, 2.75) is 58.7 Å². The highest BCUT2D eigenvalue weighted by molar-refractivity contribution is 5.86. The molecule has 0 unspecified atom stereocenters. The number of benzene rings is 2. The van der Waals surface area contributed by atoms with Gasteiger partial charge >= 0.3 is 5.97 Å². The number of aliphatic hydroxyl groups is 1. The van der Waals surface area contributed by atoms with Crippen molar-refractivity contribution in [1.82, 2.24) is 0 Å². The molecule has 5 N–H and O–H groups in total. The Kier molecular flexibility index (Phi) is 14.8. The highest BCUT2D eigenvalue weighted by Gasteiger charge is 2.23. The number of hydrogen-bond donors (Lipinski definition) is 3. The Bertz CT molecular complexity index is 1090. The van der Waals surface area contributed by atoms with Gasteiger partial charge in [0.15, 0.2) is 0 Å². The van der Waals surface area contributed by atoms with E-state index in [0.717, 1.165) is 12.1 Å². The Morgan fingerprint density at radius 3 is 1.90 bits per heavy atom. The van der Waals surface area contributed by atoms with Gasteiger partial charge in [0.2, 0.25) is 0 Å². The third kappa shape index (κ3) is 15.1. The van der Waals surface area contributed by atoms with Crippen molar-refractivity contribution in [3.8, 4) is 0 Å². The fourth-order valence-corrected chi connectivity index (χ4v) is 3.44. The number of ether oxygens (including phenoxy) is 3. The molecule has 0 atom stereocenters. The second-order valence-corrected chi connectivity index (χ2v) is 10.8. The predicted molar refractivity (Wildman–Crippen MR) is 163 cm³/mol. The molecule has 0 amide bonds. The Labute approximate surface area is 243 Å². The summed E-state index contributed by atoms with van der Waals surface area (Å²) < 4.78 is 17.3. The zero-order chi connectivity index (χ0) is 31.1. The molecule has 0 radical (unpaired) electrons. The quantitative estimate of drug-likeness (QED) is 0.0839. The SMILES string of the molecule is C=C(C)C(=O)OCCN(CCOC(C)(C)CCOC(C)(C)CCO)c1ccc(N)cc1.Nc1ccc([N+](=O)[O-])cc1. The molecule has 0 aliphatic rings. The average Bonchev–Trinajstić information content (AvgIpc) is 2.88. The first kappa shape index (κ1) is 35.4. The van der Waals surface area contributed by atoms with Crippen molar-refractivity contribution < 1.29 is 29.0 Å². The molecule has 2 rings (SSSR count). The molecule has 11 nitrogen and oxygen atoms in total. The van der Waals surface area contributed by atoms with Crippen LogP contribution in [0.25, 0.3) is 0 Å². The fraction of sp³-hybridized carbons (Fsp3) is 0.500. The number of nitrogens with two attached hydrogens (primary N) is 2. The van der Waals surface area contributed by atoms with Crippen LogP contribution in [0.1, 0.15) is 47.5 Å². The molecule has 0 saturated carbocycles. The van der Waals surface area contributed by atoms with E-state index in [4.69, 9.17) is 30.8 Å². The number of nitrogen functional groups attached to an aromatic ring is 2. The van der Waals surface area contributed by atoms with Crippen molar-refractivity contribution in [1.29, 1.82) is 0 Å². The van der Waals surface area contributed by atoms with Crippen LogP contribution in [0.3, 0.4) is 0 Å². The number of esters is 1. The first-order valence-corrected chi connectivity index (χ1v) is 13.5. The van der Waals surface area contributed by atoms with Crippen LogP contribution < -0.4 is 16.4 Å². The minimum Gasteiger partial charge on any atom is -0.460 e. The molecule has 2 aromatic carbocycles. The normalized spacial score (nSPS) is 11.3. The van der Waals surface area contributed by atoms with Gasteiger partial charge in [-0.2, -0.15) is 0 Å². The van der Waals surface area contributed by atoms with Crippen LogP contribution in [0.5, 0.6) is 0 Å². The lowest BCUT2D eigenvalue weighted by molar-refractivity contribution is -0.384. The number of nitro groups is 1. The minimum absolute atomic E-state index is 0.0641. The lowest BCUT2D eigenvalue weighted by Gasteiger charge is -2.31. The Morgan fingerprint density at radius 1 is 0.902 bits per heavy atom. The van der Waals surface area contributed by atoms with E-state index in [1.54, 1.807) is 6.92 Å². The van der Waals surface area contributed by atoms with Crippen LogP contribution in [-0.4, -0.2) is 66.7 Å². The second kappa shape index (κ2) is 17.2. The van der Waals surface area contributed by atoms with Gasteiger partial charge in [-0.1, -0.05) is 6.58 Å². The van der Waals surface area contributed by atoms with Crippen molar-refractivity contribution in [3.05, 3.63) is 70.8 Å². The molecule has 0 aromatic heterocycles. The number of aliphatic hydroxyl groups excluding tert-OH is 1. The Hall–Kier alpha value is -3.67. The molecule has 228 valence electrons. The van der Waals surface area contributed by atoms with Gasteiger partial charge in [-0.05, 0) is 83.9 Å². The zero-order valence-electron chi connectivity index (χ0n) is 24.9. The molecule has 41 heavy (non-hydrogen) atoms. The van der Waals surface area contributed by atoms with E-state index in [0.29, 0.717) is 49.7 Å². The highest BCUT2D eigenvalue weighted by Crippen LogP contribution is 2.21. The van der Waals surface area contributed by atoms with Crippen molar-refractivity contribution >= 4 is 28.7 Å². The van der Waals surface area contributed by atoms with Gasteiger partial charge in [-0.15, -0.1) is 0 Å². The fourth-order valence-electron chi connectivity index (χ4n) is 3.44. The van der Waals surface area contributed by atoms with Crippen LogP contribution in [0.2, 0.25) is 0 Å². The molecule has 0 aliphatic heterocycles. The topological polar surface area (TPSA) is 163 Å². The summed E-state index contributed by atoms with van der Waals surface area (Å²) in [6.07, 6.45) is 1.33. The first-order chi connectivity index (χ1) is 19.2. The van der Waals surface area contributed by atoms with Gasteiger partial charge in [0.25, 0.3) is 5.69 Å². The summed E-state index contributed by atoms with van der Waals surface area (Å²) >= 11 is 0. The van der Waals surface area contributed by atoms with Gasteiger partial charge in [0.05, 0.1) is 35.9 Å². The molecule has 11 heteroatoms. The Balaban J connectivity index is 0.000000702. The largest absolute Gasteiger partial charge is 0.460 e. The predicted octanol–water partition coefficient (Wildman–Crippen LogP) is 4.73. The van der Waals surface area contributed by atoms with E-state index >= 15 is 0 Å². The maximum Gasteiger partial charge on any atom is 0.333 e.